The Bertz CT molecular complexity index is 572. The molecule has 1 aromatic carbocycles. The fourth-order valence-corrected chi connectivity index (χ4v) is 3.86. The van der Waals surface area contributed by atoms with Crippen molar-refractivity contribution in [2.75, 3.05) is 0 Å². The largest absolute Gasteiger partial charge is 0.507 e. The fraction of sp³-hybridized carbons (Fsp3) is 0.708. The molecule has 1 aromatic rings. The summed E-state index contributed by atoms with van der Waals surface area (Å²) in [6.07, 6.45) is 13.1. The number of carboxylic acids is 1. The Balaban J connectivity index is 1.99. The van der Waals surface area contributed by atoms with E-state index in [4.69, 9.17) is 0 Å². The second-order valence-corrected chi connectivity index (χ2v) is 8.17. The summed E-state index contributed by atoms with van der Waals surface area (Å²) >= 11 is 0. The zero-order valence-electron chi connectivity index (χ0n) is 18.0. The highest BCUT2D eigenvalue weighted by Gasteiger charge is 2.14. The van der Waals surface area contributed by atoms with Gasteiger partial charge in [0.1, 0.15) is 11.3 Å². The van der Waals surface area contributed by atoms with Gasteiger partial charge >= 0.3 is 5.97 Å². The first-order chi connectivity index (χ1) is 14.0. The van der Waals surface area contributed by atoms with E-state index >= 15 is 0 Å². The predicted molar refractivity (Wildman–Crippen MR) is 116 cm³/mol. The molecule has 0 aliphatic rings. The molecule has 0 fully saturated rings. The number of hydrogen-bond acceptors (Lipinski definition) is 4. The van der Waals surface area contributed by atoms with Crippen molar-refractivity contribution in [1.82, 2.24) is 0 Å². The number of hydrogen-bond donors (Lipinski definition) is 4. The first-order valence-electron chi connectivity index (χ1n) is 11.4. The molecule has 0 unspecified atom stereocenters. The van der Waals surface area contributed by atoms with Crippen molar-refractivity contribution in [3.63, 3.8) is 0 Å². The summed E-state index contributed by atoms with van der Waals surface area (Å²) in [6.45, 7) is 2.04. The molecule has 0 saturated carbocycles. The van der Waals surface area contributed by atoms with Gasteiger partial charge in [0.15, 0.2) is 0 Å². The average Bonchev–Trinajstić information content (AvgIpc) is 2.65. The lowest BCUT2D eigenvalue weighted by atomic mass is 9.99. The van der Waals surface area contributed by atoms with Gasteiger partial charge in [-0.2, -0.15) is 0 Å². The van der Waals surface area contributed by atoms with Crippen LogP contribution in [0.4, 0.5) is 0 Å². The molecule has 4 N–H and O–H groups in total. The number of aryl methyl sites for hydroxylation is 1. The molecule has 0 aliphatic carbocycles. The maximum atomic E-state index is 11.3. The molecule has 0 saturated heterocycles. The second kappa shape index (κ2) is 15.3. The van der Waals surface area contributed by atoms with E-state index in [0.717, 1.165) is 51.4 Å². The van der Waals surface area contributed by atoms with Crippen molar-refractivity contribution in [2.45, 2.75) is 109 Å². The predicted octanol–water partition coefficient (Wildman–Crippen LogP) is 5.45. The van der Waals surface area contributed by atoms with E-state index in [1.807, 2.05) is 6.92 Å². The van der Waals surface area contributed by atoms with Gasteiger partial charge in [-0.05, 0) is 43.7 Å². The number of aliphatic hydroxyl groups is 2. The summed E-state index contributed by atoms with van der Waals surface area (Å²) in [7, 11) is 0. The van der Waals surface area contributed by atoms with E-state index in [0.29, 0.717) is 18.4 Å². The first-order valence-corrected chi connectivity index (χ1v) is 11.4. The Morgan fingerprint density at radius 2 is 1.41 bits per heavy atom. The monoisotopic (exact) mass is 408 g/mol. The SMILES string of the molecule is CCC[C@@H](O)C[C@@H](O)CCCCCCCCCCCc1cccc(O)c1C(=O)O. The number of aromatic carboxylic acids is 1. The number of aromatic hydroxyl groups is 1. The number of unbranched alkanes of at least 4 members (excludes halogenated alkanes) is 8. The van der Waals surface area contributed by atoms with Crippen LogP contribution >= 0.6 is 0 Å². The Morgan fingerprint density at radius 3 is 2.00 bits per heavy atom. The summed E-state index contributed by atoms with van der Waals surface area (Å²) in [5.41, 5.74) is 0.749. The van der Waals surface area contributed by atoms with E-state index in [2.05, 4.69) is 0 Å². The molecule has 1 rings (SSSR count). The summed E-state index contributed by atoms with van der Waals surface area (Å²) in [5, 5.41) is 38.5. The molecule has 0 amide bonds. The van der Waals surface area contributed by atoms with Crippen LogP contribution in [0.15, 0.2) is 18.2 Å². The average molecular weight is 409 g/mol. The van der Waals surface area contributed by atoms with E-state index < -0.39 is 5.97 Å². The number of carboxylic acid groups (broad SMARTS) is 1. The molecule has 5 heteroatoms. The quantitative estimate of drug-likeness (QED) is 0.257. The Morgan fingerprint density at radius 1 is 0.862 bits per heavy atom. The van der Waals surface area contributed by atoms with Crippen LogP contribution in [-0.2, 0) is 6.42 Å². The lowest BCUT2D eigenvalue weighted by Gasteiger charge is -2.14. The van der Waals surface area contributed by atoms with Gasteiger partial charge in [-0.3, -0.25) is 0 Å². The summed E-state index contributed by atoms with van der Waals surface area (Å²) in [5.74, 6) is -1.22. The minimum atomic E-state index is -1.07. The van der Waals surface area contributed by atoms with Gasteiger partial charge in [0.25, 0.3) is 0 Å². The third kappa shape index (κ3) is 11.2. The van der Waals surface area contributed by atoms with Crippen molar-refractivity contribution in [3.05, 3.63) is 29.3 Å². The third-order valence-corrected chi connectivity index (χ3v) is 5.49. The van der Waals surface area contributed by atoms with Gasteiger partial charge in [0.05, 0.1) is 12.2 Å². The van der Waals surface area contributed by atoms with Crippen LogP contribution in [0.25, 0.3) is 0 Å². The second-order valence-electron chi connectivity index (χ2n) is 8.17. The molecule has 166 valence electrons. The van der Waals surface area contributed by atoms with Crippen molar-refractivity contribution < 1.29 is 25.2 Å². The molecular formula is C24H40O5. The summed E-state index contributed by atoms with van der Waals surface area (Å²) in [4.78, 5) is 11.3. The summed E-state index contributed by atoms with van der Waals surface area (Å²) in [6, 6.07) is 4.90. The fourth-order valence-electron chi connectivity index (χ4n) is 3.86. The van der Waals surface area contributed by atoms with E-state index in [1.54, 1.807) is 12.1 Å². The molecule has 0 radical (unpaired) electrons. The van der Waals surface area contributed by atoms with Gasteiger partial charge < -0.3 is 20.4 Å². The number of phenols is 1. The normalized spacial score (nSPS) is 13.3. The highest BCUT2D eigenvalue weighted by molar-refractivity contribution is 5.92. The van der Waals surface area contributed by atoms with Gasteiger partial charge in [0, 0.05) is 0 Å². The molecule has 0 bridgehead atoms. The highest BCUT2D eigenvalue weighted by atomic mass is 16.4. The topological polar surface area (TPSA) is 98.0 Å². The van der Waals surface area contributed by atoms with Crippen molar-refractivity contribution in [2.24, 2.45) is 0 Å². The van der Waals surface area contributed by atoms with Crippen LogP contribution in [0.5, 0.6) is 5.75 Å². The molecule has 5 nitrogen and oxygen atoms in total. The van der Waals surface area contributed by atoms with Crippen LogP contribution in [0, 0.1) is 0 Å². The smallest absolute Gasteiger partial charge is 0.339 e. The van der Waals surface area contributed by atoms with Crippen LogP contribution in [-0.4, -0.2) is 38.6 Å². The van der Waals surface area contributed by atoms with Crippen LogP contribution in [0.2, 0.25) is 0 Å². The van der Waals surface area contributed by atoms with Crippen molar-refractivity contribution >= 4 is 5.97 Å². The molecule has 2 atom stereocenters. The van der Waals surface area contributed by atoms with Crippen LogP contribution < -0.4 is 0 Å². The van der Waals surface area contributed by atoms with Gasteiger partial charge in [-0.1, -0.05) is 76.8 Å². The zero-order chi connectivity index (χ0) is 21.5. The Hall–Kier alpha value is -1.59. The molecule has 0 heterocycles. The number of aliphatic hydroxyl groups excluding tert-OH is 2. The minimum absolute atomic E-state index is 0.0393. The molecule has 0 aliphatic heterocycles. The Kier molecular flexibility index (Phi) is 13.4. The standard InChI is InChI=1S/C24H40O5/c1-2-13-20(25)18-21(26)16-11-9-7-5-3-4-6-8-10-14-19-15-12-17-22(27)23(19)24(28)29/h12,15,17,20-21,25-27H,2-11,13-14,16,18H2,1H3,(H,28,29)/t20-,21+/m1/s1. The lowest BCUT2D eigenvalue weighted by Crippen LogP contribution is -2.17. The molecule has 0 aromatic heterocycles. The number of benzene rings is 1. The van der Waals surface area contributed by atoms with E-state index in [1.165, 1.54) is 31.7 Å². The van der Waals surface area contributed by atoms with Crippen molar-refractivity contribution in [1.29, 1.82) is 0 Å². The van der Waals surface area contributed by atoms with Crippen molar-refractivity contribution in [3.8, 4) is 5.75 Å². The minimum Gasteiger partial charge on any atom is -0.507 e. The molecule has 29 heavy (non-hydrogen) atoms. The van der Waals surface area contributed by atoms with E-state index in [9.17, 15) is 25.2 Å². The van der Waals surface area contributed by atoms with Gasteiger partial charge in [-0.25, -0.2) is 4.79 Å². The molecule has 0 spiro atoms. The maximum absolute atomic E-state index is 11.3. The van der Waals surface area contributed by atoms with E-state index in [-0.39, 0.29) is 23.5 Å². The van der Waals surface area contributed by atoms with Crippen LogP contribution in [0.3, 0.4) is 0 Å². The lowest BCUT2D eigenvalue weighted by molar-refractivity contribution is 0.0683. The summed E-state index contributed by atoms with van der Waals surface area (Å²) < 4.78 is 0. The van der Waals surface area contributed by atoms with Crippen LogP contribution in [0.1, 0.15) is 106 Å². The van der Waals surface area contributed by atoms with Gasteiger partial charge in [0.2, 0.25) is 0 Å². The maximum Gasteiger partial charge on any atom is 0.339 e. The zero-order valence-corrected chi connectivity index (χ0v) is 18.0. The number of carbonyl (C=O) groups is 1. The first kappa shape index (κ1) is 25.4. The van der Waals surface area contributed by atoms with Gasteiger partial charge in [-0.15, -0.1) is 0 Å². The Labute approximate surface area is 175 Å². The molecular weight excluding hydrogens is 368 g/mol. The highest BCUT2D eigenvalue weighted by Crippen LogP contribution is 2.23. The number of rotatable bonds is 17. The third-order valence-electron chi connectivity index (χ3n) is 5.49.